The number of nitrogens with one attached hydrogen (secondary N) is 1. The van der Waals surface area contributed by atoms with Crippen LogP contribution in [0.25, 0.3) is 5.70 Å². The number of anilines is 1. The summed E-state index contributed by atoms with van der Waals surface area (Å²) >= 11 is 0. The van der Waals surface area contributed by atoms with Gasteiger partial charge in [0.25, 0.3) is 0 Å². The number of allylic oxidation sites excluding steroid dienone is 1. The molecule has 0 saturated carbocycles. The van der Waals surface area contributed by atoms with E-state index in [2.05, 4.69) is 5.32 Å². The zero-order valence-corrected chi connectivity index (χ0v) is 12.9. The van der Waals surface area contributed by atoms with Gasteiger partial charge in [0.2, 0.25) is 0 Å². The first kappa shape index (κ1) is 15.7. The Kier molecular flexibility index (Phi) is 4.82. The Balaban J connectivity index is 1.94. The summed E-state index contributed by atoms with van der Waals surface area (Å²) in [5.41, 5.74) is 2.88. The lowest BCUT2D eigenvalue weighted by Gasteiger charge is -2.11. The second-order valence-corrected chi connectivity index (χ2v) is 5.29. The van der Waals surface area contributed by atoms with Crippen molar-refractivity contribution in [2.75, 3.05) is 5.32 Å². The highest BCUT2D eigenvalue weighted by Gasteiger charge is 2.07. The molecule has 0 bridgehead atoms. The van der Waals surface area contributed by atoms with Crippen LogP contribution in [0.5, 0.6) is 0 Å². The molecule has 0 heterocycles. The molecule has 3 aromatic rings. The summed E-state index contributed by atoms with van der Waals surface area (Å²) in [5, 5.41) is 3.20. The summed E-state index contributed by atoms with van der Waals surface area (Å²) in [6.45, 7) is 0. The summed E-state index contributed by atoms with van der Waals surface area (Å²) in [5.74, 6) is -0.393. The molecule has 1 N–H and O–H groups in total. The maximum absolute atomic E-state index is 13.1. The van der Waals surface area contributed by atoms with E-state index in [1.54, 1.807) is 30.3 Å². The van der Waals surface area contributed by atoms with E-state index < -0.39 is 0 Å². The molecule has 0 aliphatic carbocycles. The van der Waals surface area contributed by atoms with Crippen LogP contribution in [0.2, 0.25) is 0 Å². The Hall–Kier alpha value is -3.20. The number of carbonyl (C=O) groups is 1. The van der Waals surface area contributed by atoms with Crippen molar-refractivity contribution < 1.29 is 9.18 Å². The first-order valence-electron chi connectivity index (χ1n) is 7.61. The van der Waals surface area contributed by atoms with Gasteiger partial charge in [-0.3, -0.25) is 4.79 Å². The molecule has 3 aromatic carbocycles. The highest BCUT2D eigenvalue weighted by Crippen LogP contribution is 2.20. The molecule has 0 amide bonds. The van der Waals surface area contributed by atoms with Crippen molar-refractivity contribution in [3.8, 4) is 0 Å². The van der Waals surface area contributed by atoms with Crippen LogP contribution in [0.4, 0.5) is 10.1 Å². The van der Waals surface area contributed by atoms with Crippen molar-refractivity contribution >= 4 is 17.2 Å². The molecule has 0 aliphatic rings. The Morgan fingerprint density at radius 1 is 0.750 bits per heavy atom. The largest absolute Gasteiger partial charge is 0.355 e. The van der Waals surface area contributed by atoms with Crippen LogP contribution in [0.15, 0.2) is 91.0 Å². The lowest BCUT2D eigenvalue weighted by atomic mass is 10.1. The molecule has 3 heteroatoms. The Morgan fingerprint density at radius 2 is 1.29 bits per heavy atom. The van der Waals surface area contributed by atoms with Crippen molar-refractivity contribution in [1.82, 2.24) is 0 Å². The van der Waals surface area contributed by atoms with Gasteiger partial charge in [-0.05, 0) is 29.8 Å². The normalized spacial score (nSPS) is 11.1. The monoisotopic (exact) mass is 317 g/mol. The van der Waals surface area contributed by atoms with Crippen LogP contribution in [0.3, 0.4) is 0 Å². The molecule has 0 spiro atoms. The highest BCUT2D eigenvalue weighted by atomic mass is 19.1. The van der Waals surface area contributed by atoms with Crippen molar-refractivity contribution in [1.29, 1.82) is 0 Å². The fourth-order valence-electron chi connectivity index (χ4n) is 2.31. The summed E-state index contributed by atoms with van der Waals surface area (Å²) in [4.78, 5) is 12.5. The number of rotatable bonds is 5. The summed E-state index contributed by atoms with van der Waals surface area (Å²) in [6, 6.07) is 24.7. The van der Waals surface area contributed by atoms with Crippen molar-refractivity contribution in [2.45, 2.75) is 0 Å². The summed E-state index contributed by atoms with van der Waals surface area (Å²) < 4.78 is 13.1. The van der Waals surface area contributed by atoms with Gasteiger partial charge >= 0.3 is 0 Å². The van der Waals surface area contributed by atoms with Crippen LogP contribution >= 0.6 is 0 Å². The predicted molar refractivity (Wildman–Crippen MR) is 95.2 cm³/mol. The van der Waals surface area contributed by atoms with Gasteiger partial charge in [0.1, 0.15) is 5.82 Å². The van der Waals surface area contributed by atoms with Crippen LogP contribution in [0.1, 0.15) is 15.9 Å². The quantitative estimate of drug-likeness (QED) is 0.520. The topological polar surface area (TPSA) is 29.1 Å². The molecule has 0 aliphatic heterocycles. The van der Waals surface area contributed by atoms with Gasteiger partial charge in [-0.1, -0.05) is 60.7 Å². The molecule has 0 saturated heterocycles. The summed E-state index contributed by atoms with van der Waals surface area (Å²) in [7, 11) is 0. The van der Waals surface area contributed by atoms with Gasteiger partial charge in [0.05, 0.1) is 0 Å². The zero-order chi connectivity index (χ0) is 16.8. The molecule has 3 rings (SSSR count). The lowest BCUT2D eigenvalue weighted by molar-refractivity contribution is 0.104. The molecule has 0 aromatic heterocycles. The minimum absolute atomic E-state index is 0.0935. The maximum Gasteiger partial charge on any atom is 0.187 e. The molecular weight excluding hydrogens is 301 g/mol. The van der Waals surface area contributed by atoms with Gasteiger partial charge in [0, 0.05) is 23.0 Å². The highest BCUT2D eigenvalue weighted by molar-refractivity contribution is 6.09. The van der Waals surface area contributed by atoms with Gasteiger partial charge in [0.15, 0.2) is 5.78 Å². The van der Waals surface area contributed by atoms with E-state index in [9.17, 15) is 9.18 Å². The SMILES string of the molecule is O=C(/C=C(\Nc1ccc(F)cc1)c1ccccc1)c1ccccc1. The molecular formula is C21H16FNO. The van der Waals surface area contributed by atoms with E-state index in [1.807, 2.05) is 48.5 Å². The third kappa shape index (κ3) is 3.96. The fraction of sp³-hybridized carbons (Fsp3) is 0. The maximum atomic E-state index is 13.1. The van der Waals surface area contributed by atoms with E-state index in [1.165, 1.54) is 12.1 Å². The van der Waals surface area contributed by atoms with Crippen LogP contribution in [-0.4, -0.2) is 5.78 Å². The first-order valence-corrected chi connectivity index (χ1v) is 7.61. The third-order valence-electron chi connectivity index (χ3n) is 3.54. The second-order valence-electron chi connectivity index (χ2n) is 5.29. The Labute approximate surface area is 140 Å². The molecule has 0 radical (unpaired) electrons. The lowest BCUT2D eigenvalue weighted by Crippen LogP contribution is -2.03. The number of carbonyl (C=O) groups excluding carboxylic acids is 1. The van der Waals surface area contributed by atoms with E-state index in [0.717, 1.165) is 5.56 Å². The van der Waals surface area contributed by atoms with Gasteiger partial charge in [-0.2, -0.15) is 0 Å². The Morgan fingerprint density at radius 3 is 1.88 bits per heavy atom. The molecule has 0 atom stereocenters. The third-order valence-corrected chi connectivity index (χ3v) is 3.54. The van der Waals surface area contributed by atoms with E-state index in [4.69, 9.17) is 0 Å². The van der Waals surface area contributed by atoms with E-state index in [0.29, 0.717) is 16.9 Å². The van der Waals surface area contributed by atoms with Crippen LogP contribution in [0, 0.1) is 5.82 Å². The predicted octanol–water partition coefficient (Wildman–Crippen LogP) is 5.16. The minimum atomic E-state index is -0.300. The van der Waals surface area contributed by atoms with Crippen molar-refractivity contribution in [2.24, 2.45) is 0 Å². The zero-order valence-electron chi connectivity index (χ0n) is 12.9. The molecule has 2 nitrogen and oxygen atoms in total. The van der Waals surface area contributed by atoms with Gasteiger partial charge in [-0.15, -0.1) is 0 Å². The number of ketones is 1. The number of hydrogen-bond donors (Lipinski definition) is 1. The van der Waals surface area contributed by atoms with Crippen LogP contribution < -0.4 is 5.32 Å². The smallest absolute Gasteiger partial charge is 0.187 e. The van der Waals surface area contributed by atoms with Crippen molar-refractivity contribution in [3.63, 3.8) is 0 Å². The second kappa shape index (κ2) is 7.38. The average Bonchev–Trinajstić information content (AvgIpc) is 2.64. The fourth-order valence-corrected chi connectivity index (χ4v) is 2.31. The number of hydrogen-bond acceptors (Lipinski definition) is 2. The van der Waals surface area contributed by atoms with E-state index in [-0.39, 0.29) is 11.6 Å². The minimum Gasteiger partial charge on any atom is -0.355 e. The summed E-state index contributed by atoms with van der Waals surface area (Å²) in [6.07, 6.45) is 1.56. The average molecular weight is 317 g/mol. The van der Waals surface area contributed by atoms with Crippen LogP contribution in [-0.2, 0) is 0 Å². The molecule has 0 unspecified atom stereocenters. The molecule has 118 valence electrons. The van der Waals surface area contributed by atoms with Crippen molar-refractivity contribution in [3.05, 3.63) is 108 Å². The van der Waals surface area contributed by atoms with Gasteiger partial charge in [-0.25, -0.2) is 4.39 Å². The first-order chi connectivity index (χ1) is 11.7. The molecule has 0 fully saturated rings. The standard InChI is InChI=1S/C21H16FNO/c22-18-11-13-19(14-12-18)23-20(16-7-3-1-4-8-16)15-21(24)17-9-5-2-6-10-17/h1-15,23H/b20-15-. The number of benzene rings is 3. The van der Waals surface area contributed by atoms with E-state index >= 15 is 0 Å². The number of halogens is 1. The Bertz CT molecular complexity index is 840. The molecule has 24 heavy (non-hydrogen) atoms. The van der Waals surface area contributed by atoms with Gasteiger partial charge < -0.3 is 5.32 Å².